The molecule has 6 aromatic rings. The zero-order chi connectivity index (χ0) is 38.3. The second kappa shape index (κ2) is 14.6. The van der Waals surface area contributed by atoms with Crippen molar-refractivity contribution in [1.82, 2.24) is 38.7 Å². The number of aryl methyl sites for hydroxylation is 5. The topological polar surface area (TPSA) is 216 Å². The monoisotopic (exact) mass is 732 g/mol. The summed E-state index contributed by atoms with van der Waals surface area (Å²) in [5, 5.41) is 15.4. The van der Waals surface area contributed by atoms with E-state index in [2.05, 4.69) is 22.7 Å². The van der Waals surface area contributed by atoms with Gasteiger partial charge in [0.1, 0.15) is 11.4 Å². The van der Waals surface area contributed by atoms with Crippen LogP contribution in [0.1, 0.15) is 98.2 Å². The number of amides is 4. The van der Waals surface area contributed by atoms with Crippen molar-refractivity contribution in [3.63, 3.8) is 0 Å². The molecule has 0 saturated heterocycles. The van der Waals surface area contributed by atoms with Gasteiger partial charge in [-0.05, 0) is 94.8 Å². The Morgan fingerprint density at radius 2 is 1.44 bits per heavy atom. The van der Waals surface area contributed by atoms with Crippen LogP contribution in [0.4, 0.5) is 11.9 Å². The highest BCUT2D eigenvalue weighted by Crippen LogP contribution is 2.28. The first-order valence-electron chi connectivity index (χ1n) is 18.2. The van der Waals surface area contributed by atoms with Crippen LogP contribution in [0, 0.1) is 19.8 Å². The van der Waals surface area contributed by atoms with Crippen molar-refractivity contribution in [2.75, 3.05) is 10.6 Å². The maximum atomic E-state index is 14.2. The largest absolute Gasteiger partial charge is 0.366 e. The van der Waals surface area contributed by atoms with E-state index >= 15 is 0 Å². The molecule has 0 aliphatic carbocycles. The van der Waals surface area contributed by atoms with Gasteiger partial charge in [0.15, 0.2) is 0 Å². The third kappa shape index (κ3) is 6.93. The molecule has 1 aliphatic rings. The standard InChI is InChI=1S/C38H44N12O4/c1-5-49-32-26(23(4)46-49)9-7-6-8-15-50-31(17-22(3)45-50)35(53)43-38-42-28-19-25(34(40)52)11-13-30(28)48(38)20-21(2)14-16-47-29-12-10-24(33(39)51)18-27(29)41-37(47)44-36(32)54/h10-13,17-19,21H,5-9,14-16,20H2,1-4H3,(H2,39,51)(H2,40,52)(H,41,44,54)(H,42,43,53)/t21-/m0/s1. The number of hydrogen-bond donors (Lipinski definition) is 4. The van der Waals surface area contributed by atoms with E-state index in [1.807, 2.05) is 29.9 Å². The number of carbonyl (C=O) groups excluding carboxylic acids is 4. The molecule has 0 unspecified atom stereocenters. The fourth-order valence-corrected chi connectivity index (χ4v) is 7.29. The summed E-state index contributed by atoms with van der Waals surface area (Å²) in [6, 6.07) is 11.9. The summed E-state index contributed by atoms with van der Waals surface area (Å²) >= 11 is 0. The van der Waals surface area contributed by atoms with Crippen molar-refractivity contribution in [1.29, 1.82) is 0 Å². The minimum Gasteiger partial charge on any atom is -0.366 e. The molecule has 0 saturated carbocycles. The molecule has 16 heteroatoms. The fraction of sp³-hybridized carbons (Fsp3) is 0.368. The number of fused-ring (bicyclic) bond motifs is 8. The lowest BCUT2D eigenvalue weighted by atomic mass is 10.0. The molecule has 6 N–H and O–H groups in total. The van der Waals surface area contributed by atoms with Crippen molar-refractivity contribution < 1.29 is 19.2 Å². The van der Waals surface area contributed by atoms with E-state index in [0.29, 0.717) is 84.5 Å². The lowest BCUT2D eigenvalue weighted by molar-refractivity contribution is 0.0992. The summed E-state index contributed by atoms with van der Waals surface area (Å²) in [7, 11) is 0. The van der Waals surface area contributed by atoms with Crippen molar-refractivity contribution >= 4 is 57.6 Å². The number of rotatable bonds is 3. The number of nitrogens with zero attached hydrogens (tertiary/aromatic N) is 8. The Kier molecular flexibility index (Phi) is 9.75. The molecular weight excluding hydrogens is 688 g/mol. The maximum Gasteiger partial charge on any atom is 0.276 e. The molecule has 16 nitrogen and oxygen atoms in total. The average molecular weight is 733 g/mol. The predicted octanol–water partition coefficient (Wildman–Crippen LogP) is 4.57. The lowest BCUT2D eigenvalue weighted by Crippen LogP contribution is -2.22. The Morgan fingerprint density at radius 1 is 0.815 bits per heavy atom. The summed E-state index contributed by atoms with van der Waals surface area (Å²) < 4.78 is 7.33. The Hall–Kier alpha value is -6.32. The second-order valence-corrected chi connectivity index (χ2v) is 14.0. The van der Waals surface area contributed by atoms with Gasteiger partial charge in [0.05, 0.1) is 33.5 Å². The molecule has 0 fully saturated rings. The summed E-state index contributed by atoms with van der Waals surface area (Å²) in [6.07, 6.45) is 3.64. The van der Waals surface area contributed by atoms with Crippen LogP contribution in [-0.2, 0) is 32.6 Å². The fourth-order valence-electron chi connectivity index (χ4n) is 7.29. The van der Waals surface area contributed by atoms with Crippen LogP contribution in [0.5, 0.6) is 0 Å². The van der Waals surface area contributed by atoms with Crippen LogP contribution in [-0.4, -0.2) is 62.3 Å². The molecule has 1 aliphatic heterocycles. The zero-order valence-electron chi connectivity index (χ0n) is 30.8. The van der Waals surface area contributed by atoms with Crippen LogP contribution in [0.2, 0.25) is 0 Å². The molecule has 280 valence electrons. The van der Waals surface area contributed by atoms with Gasteiger partial charge in [-0.2, -0.15) is 10.2 Å². The Balaban J connectivity index is 1.30. The van der Waals surface area contributed by atoms with Crippen molar-refractivity contribution in [3.8, 4) is 0 Å². The molecule has 4 aromatic heterocycles. The van der Waals surface area contributed by atoms with Gasteiger partial charge < -0.3 is 20.6 Å². The Bertz CT molecular complexity index is 2450. The van der Waals surface area contributed by atoms with Gasteiger partial charge in [-0.25, -0.2) is 9.97 Å². The minimum atomic E-state index is -0.576. The zero-order valence-corrected chi connectivity index (χ0v) is 30.8. The predicted molar refractivity (Wildman–Crippen MR) is 203 cm³/mol. The molecule has 0 spiro atoms. The van der Waals surface area contributed by atoms with Gasteiger partial charge in [0.25, 0.3) is 11.8 Å². The van der Waals surface area contributed by atoms with Gasteiger partial charge in [-0.1, -0.05) is 13.3 Å². The first kappa shape index (κ1) is 36.1. The SMILES string of the molecule is CCn1nc(C)c2c1C(=O)Nc1nc3cc(C(N)=O)ccc3n1CC[C@H](C)Cn1c(nc3cc(C(N)=O)ccc31)NC(=O)c1cc(C)nn1CCCCC2. The van der Waals surface area contributed by atoms with E-state index in [0.717, 1.165) is 47.2 Å². The van der Waals surface area contributed by atoms with Crippen LogP contribution in [0.15, 0.2) is 42.5 Å². The number of imidazole rings is 2. The number of benzene rings is 2. The maximum absolute atomic E-state index is 14.2. The minimum absolute atomic E-state index is 0.0115. The Labute approximate surface area is 310 Å². The summed E-state index contributed by atoms with van der Waals surface area (Å²) in [6.45, 7) is 9.76. The normalized spacial score (nSPS) is 16.1. The lowest BCUT2D eigenvalue weighted by Gasteiger charge is -2.18. The number of aromatic nitrogens is 8. The molecule has 0 bridgehead atoms. The third-order valence-electron chi connectivity index (χ3n) is 10.1. The van der Waals surface area contributed by atoms with Crippen LogP contribution in [0.25, 0.3) is 22.1 Å². The number of anilines is 2. The molecular formula is C38H44N12O4. The van der Waals surface area contributed by atoms with Crippen LogP contribution in [0.3, 0.4) is 0 Å². The van der Waals surface area contributed by atoms with Crippen LogP contribution >= 0.6 is 0 Å². The third-order valence-corrected chi connectivity index (χ3v) is 10.1. The molecule has 0 radical (unpaired) electrons. The summed E-state index contributed by atoms with van der Waals surface area (Å²) in [5.41, 5.74) is 17.6. The van der Waals surface area contributed by atoms with Crippen molar-refractivity contribution in [2.24, 2.45) is 17.4 Å². The number of primary amides is 2. The first-order valence-corrected chi connectivity index (χ1v) is 18.2. The smallest absolute Gasteiger partial charge is 0.276 e. The highest BCUT2D eigenvalue weighted by Gasteiger charge is 2.25. The van der Waals surface area contributed by atoms with E-state index in [-0.39, 0.29) is 17.7 Å². The highest BCUT2D eigenvalue weighted by molar-refractivity contribution is 6.05. The molecule has 1 atom stereocenters. The molecule has 2 aromatic carbocycles. The van der Waals surface area contributed by atoms with Gasteiger partial charge >= 0.3 is 0 Å². The summed E-state index contributed by atoms with van der Waals surface area (Å²) in [4.78, 5) is 61.7. The number of hydrogen-bond acceptors (Lipinski definition) is 8. The average Bonchev–Trinajstić information content (AvgIpc) is 3.87. The van der Waals surface area contributed by atoms with E-state index in [4.69, 9.17) is 26.5 Å². The summed E-state index contributed by atoms with van der Waals surface area (Å²) in [5.74, 6) is -1.13. The van der Waals surface area contributed by atoms with Gasteiger partial charge in [-0.15, -0.1) is 0 Å². The molecule has 4 amide bonds. The van der Waals surface area contributed by atoms with Crippen molar-refractivity contribution in [2.45, 2.75) is 86.0 Å². The van der Waals surface area contributed by atoms with E-state index in [1.165, 1.54) is 0 Å². The Morgan fingerprint density at radius 3 is 2.09 bits per heavy atom. The number of carbonyl (C=O) groups is 4. The van der Waals surface area contributed by atoms with E-state index in [1.54, 1.807) is 51.8 Å². The quantitative estimate of drug-likeness (QED) is 0.202. The number of nitrogens with two attached hydrogens (primary N) is 2. The highest BCUT2D eigenvalue weighted by atomic mass is 16.2. The second-order valence-electron chi connectivity index (χ2n) is 14.0. The first-order chi connectivity index (χ1) is 25.9. The van der Waals surface area contributed by atoms with E-state index < -0.39 is 11.8 Å². The van der Waals surface area contributed by atoms with E-state index in [9.17, 15) is 19.2 Å². The van der Waals surface area contributed by atoms with Crippen molar-refractivity contribution in [3.05, 3.63) is 81.9 Å². The van der Waals surface area contributed by atoms with Gasteiger partial charge in [0, 0.05) is 42.9 Å². The van der Waals surface area contributed by atoms with Gasteiger partial charge in [-0.3, -0.25) is 39.2 Å². The molecule has 7 rings (SSSR count). The number of nitrogens with one attached hydrogen (secondary N) is 2. The van der Waals surface area contributed by atoms with Gasteiger partial charge in [0.2, 0.25) is 23.7 Å². The molecule has 5 heterocycles. The molecule has 54 heavy (non-hydrogen) atoms. The van der Waals surface area contributed by atoms with Crippen LogP contribution < -0.4 is 22.1 Å².